The number of sulfone groups is 1. The molecule has 10 heteroatoms. The van der Waals surface area contributed by atoms with Crippen LogP contribution in [0.15, 0.2) is 8.68 Å². The van der Waals surface area contributed by atoms with Crippen LogP contribution >= 0.6 is 34.9 Å². The van der Waals surface area contributed by atoms with Crippen molar-refractivity contribution in [2.24, 2.45) is 0 Å². The summed E-state index contributed by atoms with van der Waals surface area (Å²) in [5.41, 5.74) is 0. The highest BCUT2D eigenvalue weighted by Gasteiger charge is 2.28. The Morgan fingerprint density at radius 1 is 1.40 bits per heavy atom. The molecule has 2 heterocycles. The van der Waals surface area contributed by atoms with Crippen molar-refractivity contribution in [3.05, 3.63) is 0 Å². The molecule has 0 bridgehead atoms. The minimum Gasteiger partial charge on any atom is -0.352 e. The number of hydrogen-bond acceptors (Lipinski definition) is 8. The zero-order chi connectivity index (χ0) is 14.6. The lowest BCUT2D eigenvalue weighted by molar-refractivity contribution is -0.119. The summed E-state index contributed by atoms with van der Waals surface area (Å²) in [6.07, 6.45) is 0.509. The van der Waals surface area contributed by atoms with Crippen molar-refractivity contribution in [1.82, 2.24) is 15.5 Å². The summed E-state index contributed by atoms with van der Waals surface area (Å²) < 4.78 is 24.2. The molecule has 1 saturated heterocycles. The van der Waals surface area contributed by atoms with Gasteiger partial charge in [0.15, 0.2) is 18.5 Å². The lowest BCUT2D eigenvalue weighted by Gasteiger charge is -2.09. The topological polar surface area (TPSA) is 89.0 Å². The van der Waals surface area contributed by atoms with Crippen LogP contribution in [0.2, 0.25) is 0 Å². The SMILES string of the molecule is CCSc1nnc(SCC(=O)NC2CCS(=O)(=O)C2)s1. The van der Waals surface area contributed by atoms with E-state index in [1.54, 1.807) is 11.8 Å². The molecule has 0 radical (unpaired) electrons. The molecular weight excluding hydrogens is 338 g/mol. The molecule has 1 N–H and O–H groups in total. The van der Waals surface area contributed by atoms with Gasteiger partial charge in [0.2, 0.25) is 5.91 Å². The summed E-state index contributed by atoms with van der Waals surface area (Å²) >= 11 is 4.42. The second-order valence-electron chi connectivity index (χ2n) is 4.22. The summed E-state index contributed by atoms with van der Waals surface area (Å²) in [7, 11) is -2.96. The van der Waals surface area contributed by atoms with Crippen LogP contribution in [0, 0.1) is 0 Å². The molecule has 0 aromatic carbocycles. The molecule has 0 saturated carbocycles. The number of nitrogens with zero attached hydrogens (tertiary/aromatic N) is 2. The van der Waals surface area contributed by atoms with Crippen molar-refractivity contribution in [3.8, 4) is 0 Å². The number of thioether (sulfide) groups is 2. The number of amides is 1. The van der Waals surface area contributed by atoms with E-state index in [9.17, 15) is 13.2 Å². The summed E-state index contributed by atoms with van der Waals surface area (Å²) in [5, 5.41) is 10.8. The maximum atomic E-state index is 11.7. The standard InChI is InChI=1S/C10H15N3O3S4/c1-2-17-9-12-13-10(19-9)18-5-8(14)11-7-3-4-20(15,16)6-7/h7H,2-6H2,1H3,(H,11,14). The first-order chi connectivity index (χ1) is 9.48. The lowest BCUT2D eigenvalue weighted by atomic mass is 10.3. The quantitative estimate of drug-likeness (QED) is 0.765. The number of hydrogen-bond donors (Lipinski definition) is 1. The minimum absolute atomic E-state index is 0.0551. The highest BCUT2D eigenvalue weighted by atomic mass is 32.2. The van der Waals surface area contributed by atoms with Gasteiger partial charge in [-0.25, -0.2) is 8.42 Å². The Balaban J connectivity index is 1.74. The van der Waals surface area contributed by atoms with Gasteiger partial charge >= 0.3 is 0 Å². The molecule has 6 nitrogen and oxygen atoms in total. The van der Waals surface area contributed by atoms with Crippen LogP contribution in [-0.4, -0.2) is 53.6 Å². The molecule has 0 aliphatic carbocycles. The summed E-state index contributed by atoms with van der Waals surface area (Å²) in [6.45, 7) is 2.04. The molecule has 1 aliphatic heterocycles. The van der Waals surface area contributed by atoms with Gasteiger partial charge in [-0.15, -0.1) is 10.2 Å². The third-order valence-corrected chi connectivity index (χ3v) is 7.42. The van der Waals surface area contributed by atoms with Crippen LogP contribution < -0.4 is 5.32 Å². The van der Waals surface area contributed by atoms with E-state index in [4.69, 9.17) is 0 Å². The Morgan fingerprint density at radius 3 is 2.70 bits per heavy atom. The largest absolute Gasteiger partial charge is 0.352 e. The van der Waals surface area contributed by atoms with Crippen LogP contribution in [0.5, 0.6) is 0 Å². The molecule has 1 unspecified atom stereocenters. The van der Waals surface area contributed by atoms with Gasteiger partial charge in [-0.1, -0.05) is 41.8 Å². The zero-order valence-corrected chi connectivity index (χ0v) is 14.1. The molecule has 1 fully saturated rings. The van der Waals surface area contributed by atoms with Crippen molar-refractivity contribution < 1.29 is 13.2 Å². The van der Waals surface area contributed by atoms with E-state index in [0.717, 1.165) is 14.4 Å². The van der Waals surface area contributed by atoms with Gasteiger partial charge < -0.3 is 5.32 Å². The molecule has 20 heavy (non-hydrogen) atoms. The first kappa shape index (κ1) is 16.1. The van der Waals surface area contributed by atoms with E-state index in [1.807, 2.05) is 6.92 Å². The van der Waals surface area contributed by atoms with Crippen LogP contribution in [0.1, 0.15) is 13.3 Å². The number of rotatable bonds is 6. The summed E-state index contributed by atoms with van der Waals surface area (Å²) in [5.74, 6) is 1.24. The van der Waals surface area contributed by atoms with E-state index in [2.05, 4.69) is 15.5 Å². The predicted octanol–water partition coefficient (Wildman–Crippen LogP) is 1.05. The number of aromatic nitrogens is 2. The van der Waals surface area contributed by atoms with Crippen molar-refractivity contribution in [2.75, 3.05) is 23.0 Å². The lowest BCUT2D eigenvalue weighted by Crippen LogP contribution is -2.36. The fourth-order valence-corrected chi connectivity index (χ4v) is 6.14. The Morgan fingerprint density at radius 2 is 2.10 bits per heavy atom. The Bertz CT molecular complexity index is 572. The highest BCUT2D eigenvalue weighted by Crippen LogP contribution is 2.28. The van der Waals surface area contributed by atoms with E-state index < -0.39 is 9.84 Å². The van der Waals surface area contributed by atoms with Crippen molar-refractivity contribution in [2.45, 2.75) is 28.1 Å². The van der Waals surface area contributed by atoms with Gasteiger partial charge in [0.25, 0.3) is 0 Å². The summed E-state index contributed by atoms with van der Waals surface area (Å²) in [4.78, 5) is 11.7. The highest BCUT2D eigenvalue weighted by molar-refractivity contribution is 8.03. The van der Waals surface area contributed by atoms with Crippen LogP contribution in [-0.2, 0) is 14.6 Å². The monoisotopic (exact) mass is 353 g/mol. The average Bonchev–Trinajstić information content (AvgIpc) is 2.94. The van der Waals surface area contributed by atoms with Crippen molar-refractivity contribution in [3.63, 3.8) is 0 Å². The first-order valence-corrected chi connectivity index (χ1v) is 10.7. The smallest absolute Gasteiger partial charge is 0.230 e. The Kier molecular flexibility index (Phi) is 5.70. The fraction of sp³-hybridized carbons (Fsp3) is 0.700. The second-order valence-corrected chi connectivity index (χ2v) is 10.2. The molecule has 2 rings (SSSR count). The van der Waals surface area contributed by atoms with E-state index in [-0.39, 0.29) is 29.2 Å². The van der Waals surface area contributed by atoms with E-state index >= 15 is 0 Å². The summed E-state index contributed by atoms with van der Waals surface area (Å²) in [6, 6.07) is -0.242. The van der Waals surface area contributed by atoms with Gasteiger partial charge in [-0.05, 0) is 12.2 Å². The molecule has 1 aromatic heterocycles. The van der Waals surface area contributed by atoms with E-state index in [0.29, 0.717) is 6.42 Å². The third-order valence-electron chi connectivity index (χ3n) is 2.58. The van der Waals surface area contributed by atoms with Crippen LogP contribution in [0.3, 0.4) is 0 Å². The Hall–Kier alpha value is -0.320. The normalized spacial score (nSPS) is 20.9. The van der Waals surface area contributed by atoms with Gasteiger partial charge in [0.05, 0.1) is 17.3 Å². The van der Waals surface area contributed by atoms with Gasteiger partial charge in [0.1, 0.15) is 0 Å². The molecule has 1 amide bonds. The number of nitrogens with one attached hydrogen (secondary N) is 1. The van der Waals surface area contributed by atoms with Crippen LogP contribution in [0.4, 0.5) is 0 Å². The van der Waals surface area contributed by atoms with E-state index in [1.165, 1.54) is 23.1 Å². The number of carbonyl (C=O) groups excluding carboxylic acids is 1. The third kappa shape index (κ3) is 4.90. The first-order valence-electron chi connectivity index (χ1n) is 6.07. The average molecular weight is 354 g/mol. The van der Waals surface area contributed by atoms with Gasteiger partial charge in [-0.3, -0.25) is 4.79 Å². The number of carbonyl (C=O) groups is 1. The zero-order valence-electron chi connectivity index (χ0n) is 10.9. The van der Waals surface area contributed by atoms with Gasteiger partial charge in [-0.2, -0.15) is 0 Å². The maximum Gasteiger partial charge on any atom is 0.230 e. The fourth-order valence-electron chi connectivity index (χ4n) is 1.74. The Labute approximate surface area is 130 Å². The second kappa shape index (κ2) is 7.10. The molecule has 1 aliphatic rings. The molecule has 112 valence electrons. The van der Waals surface area contributed by atoms with Crippen molar-refractivity contribution >= 4 is 50.6 Å². The maximum absolute atomic E-state index is 11.7. The molecule has 1 atom stereocenters. The van der Waals surface area contributed by atoms with Crippen LogP contribution in [0.25, 0.3) is 0 Å². The van der Waals surface area contributed by atoms with Gasteiger partial charge in [0, 0.05) is 6.04 Å². The van der Waals surface area contributed by atoms with Crippen molar-refractivity contribution in [1.29, 1.82) is 0 Å². The molecular formula is C10H15N3O3S4. The molecule has 0 spiro atoms. The molecule has 1 aromatic rings. The minimum atomic E-state index is -2.96. The predicted molar refractivity (Wildman–Crippen MR) is 82.2 cm³/mol.